The lowest BCUT2D eigenvalue weighted by Crippen LogP contribution is -2.62. The highest BCUT2D eigenvalue weighted by molar-refractivity contribution is 5.95. The number of nitrogens with zero attached hydrogens (tertiary/aromatic N) is 3. The summed E-state index contributed by atoms with van der Waals surface area (Å²) < 4.78 is 5.42. The molecule has 1 saturated heterocycles. The van der Waals surface area contributed by atoms with Crippen LogP contribution in [0.1, 0.15) is 84.8 Å². The second kappa shape index (κ2) is 9.24. The maximum atomic E-state index is 13.3. The van der Waals surface area contributed by atoms with Crippen molar-refractivity contribution in [1.29, 1.82) is 0 Å². The standard InChI is InChI=1S/C29H38N4O3/c1-19-5-6-25(27(34)32(2)18-24-4-3-11-36-24)26(30-19)23-7-9-33(10-8-23)28(35)31-29-15-20-12-21(16-29)14-22(13-20)17-29/h3-6,11,20-23H,7-10,12-18H2,1-2H3,(H,31,35). The van der Waals surface area contributed by atoms with E-state index in [1.165, 1.54) is 38.5 Å². The summed E-state index contributed by atoms with van der Waals surface area (Å²) in [6.45, 7) is 3.79. The van der Waals surface area contributed by atoms with Crippen LogP contribution in [0.5, 0.6) is 0 Å². The van der Waals surface area contributed by atoms with Crippen molar-refractivity contribution in [2.45, 2.75) is 76.3 Å². The van der Waals surface area contributed by atoms with Crippen LogP contribution < -0.4 is 5.32 Å². The summed E-state index contributed by atoms with van der Waals surface area (Å²) in [7, 11) is 1.80. The topological polar surface area (TPSA) is 78.7 Å². The van der Waals surface area contributed by atoms with Crippen molar-refractivity contribution < 1.29 is 14.0 Å². The molecule has 3 heterocycles. The van der Waals surface area contributed by atoms with Crippen LogP contribution in [0.15, 0.2) is 34.9 Å². The summed E-state index contributed by atoms with van der Waals surface area (Å²) in [6.07, 6.45) is 10.9. The van der Waals surface area contributed by atoms with E-state index in [9.17, 15) is 9.59 Å². The van der Waals surface area contributed by atoms with Crippen LogP contribution in [-0.2, 0) is 6.54 Å². The molecule has 4 aliphatic carbocycles. The van der Waals surface area contributed by atoms with Crippen LogP contribution in [0.25, 0.3) is 0 Å². The Labute approximate surface area is 213 Å². The van der Waals surface area contributed by atoms with Crippen LogP contribution in [0.2, 0.25) is 0 Å². The number of piperidine rings is 1. The van der Waals surface area contributed by atoms with E-state index >= 15 is 0 Å². The molecule has 1 N–H and O–H groups in total. The third kappa shape index (κ3) is 4.53. The van der Waals surface area contributed by atoms with Gasteiger partial charge in [-0.2, -0.15) is 0 Å². The van der Waals surface area contributed by atoms with Crippen molar-refractivity contribution in [2.24, 2.45) is 17.8 Å². The quantitative estimate of drug-likeness (QED) is 0.632. The largest absolute Gasteiger partial charge is 0.467 e. The number of aromatic nitrogens is 1. The minimum absolute atomic E-state index is 0.0406. The fourth-order valence-corrected chi connectivity index (χ4v) is 7.91. The summed E-state index contributed by atoms with van der Waals surface area (Å²) >= 11 is 0. The molecule has 0 aromatic carbocycles. The Balaban J connectivity index is 1.10. The Hall–Kier alpha value is -2.83. The number of furan rings is 1. The maximum Gasteiger partial charge on any atom is 0.317 e. The van der Waals surface area contributed by atoms with Gasteiger partial charge in [-0.1, -0.05) is 0 Å². The zero-order valence-corrected chi connectivity index (χ0v) is 21.5. The first-order valence-electron chi connectivity index (χ1n) is 13.7. The van der Waals surface area contributed by atoms with Crippen LogP contribution in [0.4, 0.5) is 4.79 Å². The predicted octanol–water partition coefficient (Wildman–Crippen LogP) is 5.11. The van der Waals surface area contributed by atoms with E-state index in [2.05, 4.69) is 5.32 Å². The second-order valence-electron chi connectivity index (χ2n) is 12.0. The minimum Gasteiger partial charge on any atom is -0.467 e. The summed E-state index contributed by atoms with van der Waals surface area (Å²) in [6, 6.07) is 7.64. The number of nitrogens with one attached hydrogen (secondary N) is 1. The molecule has 4 saturated carbocycles. The van der Waals surface area contributed by atoms with Gasteiger partial charge in [0.25, 0.3) is 5.91 Å². The number of likely N-dealkylation sites (tertiary alicyclic amines) is 1. The SMILES string of the molecule is Cc1ccc(C(=O)N(C)Cc2ccco2)c(C2CCN(C(=O)NC34CC5CC(CC(C5)C3)C4)CC2)n1. The molecule has 4 bridgehead atoms. The van der Waals surface area contributed by atoms with Gasteiger partial charge in [0.05, 0.1) is 24.1 Å². The average Bonchev–Trinajstić information content (AvgIpc) is 3.35. The van der Waals surface area contributed by atoms with Crippen molar-refractivity contribution in [2.75, 3.05) is 20.1 Å². The number of carbonyl (C=O) groups excluding carboxylic acids is 2. The van der Waals surface area contributed by atoms with Gasteiger partial charge in [0.1, 0.15) is 5.76 Å². The molecule has 5 fully saturated rings. The van der Waals surface area contributed by atoms with Gasteiger partial charge in [0.2, 0.25) is 0 Å². The number of carbonyl (C=O) groups is 2. The highest BCUT2D eigenvalue weighted by Crippen LogP contribution is 2.55. The second-order valence-corrected chi connectivity index (χ2v) is 12.0. The van der Waals surface area contributed by atoms with Crippen LogP contribution in [0, 0.1) is 24.7 Å². The summed E-state index contributed by atoms with van der Waals surface area (Å²) in [4.78, 5) is 35.2. The summed E-state index contributed by atoms with van der Waals surface area (Å²) in [5.74, 6) is 3.33. The zero-order valence-electron chi connectivity index (χ0n) is 21.5. The van der Waals surface area contributed by atoms with E-state index in [1.807, 2.05) is 36.1 Å². The van der Waals surface area contributed by atoms with Gasteiger partial charge in [-0.25, -0.2) is 4.79 Å². The van der Waals surface area contributed by atoms with Crippen molar-refractivity contribution in [1.82, 2.24) is 20.1 Å². The number of amides is 3. The van der Waals surface area contributed by atoms with Gasteiger partial charge in [-0.3, -0.25) is 9.78 Å². The van der Waals surface area contributed by atoms with E-state index < -0.39 is 0 Å². The fourth-order valence-electron chi connectivity index (χ4n) is 7.91. The van der Waals surface area contributed by atoms with Gasteiger partial charge < -0.3 is 19.5 Å². The number of hydrogen-bond donors (Lipinski definition) is 1. The fraction of sp³-hybridized carbons (Fsp3) is 0.621. The zero-order chi connectivity index (χ0) is 24.9. The molecular weight excluding hydrogens is 452 g/mol. The Kier molecular flexibility index (Phi) is 6.05. The Morgan fingerprint density at radius 2 is 1.75 bits per heavy atom. The molecule has 0 radical (unpaired) electrons. The van der Waals surface area contributed by atoms with Crippen molar-refractivity contribution in [3.05, 3.63) is 53.2 Å². The Bertz CT molecular complexity index is 1080. The predicted molar refractivity (Wildman–Crippen MR) is 136 cm³/mol. The van der Waals surface area contributed by atoms with Crippen molar-refractivity contribution in [3.63, 3.8) is 0 Å². The number of pyridine rings is 1. The van der Waals surface area contributed by atoms with Gasteiger partial charge in [-0.15, -0.1) is 0 Å². The van der Waals surface area contributed by atoms with Crippen molar-refractivity contribution >= 4 is 11.9 Å². The molecule has 0 unspecified atom stereocenters. The van der Waals surface area contributed by atoms with Gasteiger partial charge in [0.15, 0.2) is 0 Å². The molecule has 7 heteroatoms. The van der Waals surface area contributed by atoms with E-state index in [-0.39, 0.29) is 23.4 Å². The molecule has 2 aromatic heterocycles. The Morgan fingerprint density at radius 3 is 2.36 bits per heavy atom. The first-order chi connectivity index (χ1) is 17.4. The van der Waals surface area contributed by atoms with Gasteiger partial charge in [0, 0.05) is 37.3 Å². The first kappa shape index (κ1) is 23.6. The van der Waals surface area contributed by atoms with Crippen LogP contribution >= 0.6 is 0 Å². The van der Waals surface area contributed by atoms with Crippen LogP contribution in [0.3, 0.4) is 0 Å². The number of rotatable bonds is 5. The summed E-state index contributed by atoms with van der Waals surface area (Å²) in [5, 5.41) is 3.53. The molecule has 3 amide bonds. The number of hydrogen-bond acceptors (Lipinski definition) is 4. The lowest BCUT2D eigenvalue weighted by molar-refractivity contribution is -0.0160. The third-order valence-electron chi connectivity index (χ3n) is 9.19. The van der Waals surface area contributed by atoms with E-state index in [0.29, 0.717) is 25.2 Å². The molecular formula is C29H38N4O3. The van der Waals surface area contributed by atoms with E-state index in [4.69, 9.17) is 9.40 Å². The molecule has 36 heavy (non-hydrogen) atoms. The van der Waals surface area contributed by atoms with Gasteiger partial charge >= 0.3 is 6.03 Å². The minimum atomic E-state index is -0.0455. The highest BCUT2D eigenvalue weighted by atomic mass is 16.3. The molecule has 192 valence electrons. The molecule has 0 atom stereocenters. The smallest absolute Gasteiger partial charge is 0.317 e. The van der Waals surface area contributed by atoms with E-state index in [1.54, 1.807) is 18.2 Å². The molecule has 7 rings (SSSR count). The molecule has 2 aromatic rings. The highest BCUT2D eigenvalue weighted by Gasteiger charge is 2.52. The third-order valence-corrected chi connectivity index (χ3v) is 9.19. The maximum absolute atomic E-state index is 13.3. The first-order valence-corrected chi connectivity index (χ1v) is 13.7. The van der Waals surface area contributed by atoms with Crippen molar-refractivity contribution in [3.8, 4) is 0 Å². The number of aryl methyl sites for hydroxylation is 1. The lowest BCUT2D eigenvalue weighted by Gasteiger charge is -2.57. The average molecular weight is 491 g/mol. The van der Waals surface area contributed by atoms with E-state index in [0.717, 1.165) is 47.7 Å². The van der Waals surface area contributed by atoms with Gasteiger partial charge in [-0.05, 0) is 100 Å². The molecule has 7 nitrogen and oxygen atoms in total. The number of urea groups is 1. The normalized spacial score (nSPS) is 29.4. The summed E-state index contributed by atoms with van der Waals surface area (Å²) in [5.41, 5.74) is 2.48. The Morgan fingerprint density at radius 1 is 1.08 bits per heavy atom. The molecule has 0 spiro atoms. The lowest BCUT2D eigenvalue weighted by atomic mass is 9.53. The monoisotopic (exact) mass is 490 g/mol. The van der Waals surface area contributed by atoms with Crippen LogP contribution in [-0.4, -0.2) is 52.4 Å². The molecule has 5 aliphatic rings. The molecule has 1 aliphatic heterocycles.